The summed E-state index contributed by atoms with van der Waals surface area (Å²) in [4.78, 5) is 11.4. The first kappa shape index (κ1) is 17.7. The number of hydrogen-bond donors (Lipinski definition) is 1. The number of hydrogen-bond acceptors (Lipinski definition) is 5. The zero-order valence-electron chi connectivity index (χ0n) is 13.8. The zero-order valence-corrected chi connectivity index (χ0v) is 14.6. The van der Waals surface area contributed by atoms with Crippen molar-refractivity contribution in [2.75, 3.05) is 12.9 Å². The molecule has 0 bridgehead atoms. The molecule has 2 atom stereocenters. The van der Waals surface area contributed by atoms with E-state index in [4.69, 9.17) is 4.74 Å². The predicted octanol–water partition coefficient (Wildman–Crippen LogP) is 2.02. The molecule has 2 rings (SSSR count). The van der Waals surface area contributed by atoms with Crippen molar-refractivity contribution < 1.29 is 22.7 Å². The fraction of sp³-hybridized carbons (Fsp3) is 0.562. The van der Waals surface area contributed by atoms with Crippen LogP contribution in [0.2, 0.25) is 0 Å². The topological polar surface area (TPSA) is 81.7 Å². The lowest BCUT2D eigenvalue weighted by atomic mass is 9.90. The van der Waals surface area contributed by atoms with Crippen LogP contribution in [-0.4, -0.2) is 32.9 Å². The van der Waals surface area contributed by atoms with Crippen molar-refractivity contribution in [2.24, 2.45) is 5.92 Å². The fourth-order valence-corrected chi connectivity index (χ4v) is 4.30. The smallest absolute Gasteiger partial charge is 0.309 e. The number of esters is 1. The Morgan fingerprint density at radius 2 is 2.09 bits per heavy atom. The molecule has 0 saturated heterocycles. The van der Waals surface area contributed by atoms with Crippen LogP contribution in [0.4, 0.5) is 0 Å². The first-order valence-corrected chi connectivity index (χ1v) is 9.14. The van der Waals surface area contributed by atoms with E-state index in [9.17, 15) is 13.2 Å². The third-order valence-corrected chi connectivity index (χ3v) is 5.35. The Labute approximate surface area is 137 Å². The highest BCUT2D eigenvalue weighted by atomic mass is 32.2. The van der Waals surface area contributed by atoms with Gasteiger partial charge in [-0.1, -0.05) is 25.1 Å². The molecular formula is C16H23NO5S. The largest absolute Gasteiger partial charge is 0.487 e. The minimum atomic E-state index is -3.63. The molecule has 7 heteroatoms. The number of para-hydroxylation sites is 1. The van der Waals surface area contributed by atoms with Crippen LogP contribution in [0.25, 0.3) is 0 Å². The molecule has 0 amide bonds. The van der Waals surface area contributed by atoms with Crippen LogP contribution >= 0.6 is 0 Å². The molecule has 0 radical (unpaired) electrons. The predicted molar refractivity (Wildman–Crippen MR) is 86.6 cm³/mol. The molecule has 0 fully saturated rings. The highest BCUT2D eigenvalue weighted by molar-refractivity contribution is 7.89. The fourth-order valence-electron chi connectivity index (χ4n) is 2.77. The SMILES string of the molecule is COC(=O)[C@H](C)CS(=O)(=O)N[C@@H]1CC(C)(C)Oc2ccccc21. The van der Waals surface area contributed by atoms with Gasteiger partial charge in [-0.15, -0.1) is 0 Å². The Balaban J connectivity index is 2.20. The van der Waals surface area contributed by atoms with Crippen molar-refractivity contribution >= 4 is 16.0 Å². The van der Waals surface area contributed by atoms with Crippen molar-refractivity contribution in [3.8, 4) is 5.75 Å². The molecule has 0 unspecified atom stereocenters. The van der Waals surface area contributed by atoms with E-state index >= 15 is 0 Å². The van der Waals surface area contributed by atoms with E-state index in [1.165, 1.54) is 14.0 Å². The molecule has 1 N–H and O–H groups in total. The molecule has 1 heterocycles. The maximum absolute atomic E-state index is 12.4. The summed E-state index contributed by atoms with van der Waals surface area (Å²) in [6.45, 7) is 5.37. The number of methoxy groups -OCH3 is 1. The van der Waals surface area contributed by atoms with Gasteiger partial charge in [0.2, 0.25) is 10.0 Å². The van der Waals surface area contributed by atoms with Crippen molar-refractivity contribution in [3.63, 3.8) is 0 Å². The molecule has 0 aromatic heterocycles. The Hall–Kier alpha value is -1.60. The van der Waals surface area contributed by atoms with Gasteiger partial charge in [0.05, 0.1) is 24.8 Å². The minimum absolute atomic E-state index is 0.306. The number of benzene rings is 1. The molecule has 0 spiro atoms. The summed E-state index contributed by atoms with van der Waals surface area (Å²) < 4.78 is 38.0. The van der Waals surface area contributed by atoms with Crippen molar-refractivity contribution in [3.05, 3.63) is 29.8 Å². The van der Waals surface area contributed by atoms with E-state index in [0.29, 0.717) is 12.2 Å². The third-order valence-electron chi connectivity index (χ3n) is 3.77. The number of carbonyl (C=O) groups is 1. The molecular weight excluding hydrogens is 318 g/mol. The Bertz CT molecular complexity index is 683. The van der Waals surface area contributed by atoms with Gasteiger partial charge in [0.1, 0.15) is 11.4 Å². The monoisotopic (exact) mass is 341 g/mol. The van der Waals surface area contributed by atoms with E-state index in [1.807, 2.05) is 38.1 Å². The second-order valence-electron chi connectivity index (χ2n) is 6.48. The van der Waals surface area contributed by atoms with E-state index in [2.05, 4.69) is 9.46 Å². The maximum Gasteiger partial charge on any atom is 0.309 e. The van der Waals surface area contributed by atoms with E-state index in [-0.39, 0.29) is 11.8 Å². The first-order chi connectivity index (χ1) is 10.6. The molecule has 6 nitrogen and oxygen atoms in total. The summed E-state index contributed by atoms with van der Waals surface area (Å²) in [7, 11) is -2.39. The Morgan fingerprint density at radius 1 is 1.43 bits per heavy atom. The van der Waals surface area contributed by atoms with Crippen LogP contribution in [0.15, 0.2) is 24.3 Å². The number of sulfonamides is 1. The van der Waals surface area contributed by atoms with E-state index in [0.717, 1.165) is 5.56 Å². The number of rotatable bonds is 5. The van der Waals surface area contributed by atoms with Crippen molar-refractivity contribution in [1.29, 1.82) is 0 Å². The summed E-state index contributed by atoms with van der Waals surface area (Å²) in [5.74, 6) is -0.888. The lowest BCUT2D eigenvalue weighted by Gasteiger charge is -2.37. The van der Waals surface area contributed by atoms with Gasteiger partial charge >= 0.3 is 5.97 Å². The average molecular weight is 341 g/mol. The maximum atomic E-state index is 12.4. The summed E-state index contributed by atoms with van der Waals surface area (Å²) in [6.07, 6.45) is 0.510. The molecule has 1 aliphatic rings. The molecule has 0 saturated carbocycles. The van der Waals surface area contributed by atoms with Crippen LogP contribution in [0.5, 0.6) is 5.75 Å². The molecule has 1 aromatic carbocycles. The van der Waals surface area contributed by atoms with Crippen molar-refractivity contribution in [1.82, 2.24) is 4.72 Å². The van der Waals surface area contributed by atoms with Gasteiger partial charge in [0.25, 0.3) is 0 Å². The summed E-state index contributed by atoms with van der Waals surface area (Å²) >= 11 is 0. The Morgan fingerprint density at radius 3 is 2.74 bits per heavy atom. The van der Waals surface area contributed by atoms with Crippen LogP contribution in [0.3, 0.4) is 0 Å². The molecule has 1 aliphatic heterocycles. The summed E-state index contributed by atoms with van der Waals surface area (Å²) in [6, 6.07) is 6.99. The second-order valence-corrected chi connectivity index (χ2v) is 8.28. The van der Waals surface area contributed by atoms with Gasteiger partial charge in [-0.25, -0.2) is 13.1 Å². The number of fused-ring (bicyclic) bond motifs is 1. The Kier molecular flexibility index (Phi) is 5.01. The van der Waals surface area contributed by atoms with Crippen LogP contribution in [0.1, 0.15) is 38.8 Å². The molecule has 1 aromatic rings. The van der Waals surface area contributed by atoms with Gasteiger partial charge < -0.3 is 9.47 Å². The lowest BCUT2D eigenvalue weighted by molar-refractivity contribution is -0.144. The molecule has 0 aliphatic carbocycles. The second kappa shape index (κ2) is 6.49. The highest BCUT2D eigenvalue weighted by Gasteiger charge is 2.36. The highest BCUT2D eigenvalue weighted by Crippen LogP contribution is 2.39. The number of ether oxygens (including phenoxy) is 2. The number of carbonyl (C=O) groups excluding carboxylic acids is 1. The average Bonchev–Trinajstić information content (AvgIpc) is 2.44. The van der Waals surface area contributed by atoms with Crippen molar-refractivity contribution in [2.45, 2.75) is 38.8 Å². The summed E-state index contributed by atoms with van der Waals surface area (Å²) in [5.41, 5.74) is 0.330. The lowest BCUT2D eigenvalue weighted by Crippen LogP contribution is -2.42. The molecule has 23 heavy (non-hydrogen) atoms. The van der Waals surface area contributed by atoms with Crippen LogP contribution in [-0.2, 0) is 19.6 Å². The first-order valence-electron chi connectivity index (χ1n) is 7.49. The van der Waals surface area contributed by atoms with Crippen LogP contribution in [0, 0.1) is 5.92 Å². The van der Waals surface area contributed by atoms with Gasteiger partial charge in [-0.3, -0.25) is 4.79 Å². The standard InChI is InChI=1S/C16H23NO5S/c1-11(15(18)21-4)10-23(19,20)17-13-9-16(2,3)22-14-8-6-5-7-12(13)14/h5-8,11,13,17H,9-10H2,1-4H3/t11-,13-/m1/s1. The number of nitrogens with one attached hydrogen (secondary N) is 1. The van der Waals surface area contributed by atoms with Gasteiger partial charge in [-0.05, 0) is 19.9 Å². The summed E-state index contributed by atoms with van der Waals surface area (Å²) in [5, 5.41) is 0. The van der Waals surface area contributed by atoms with Gasteiger partial charge in [0.15, 0.2) is 0 Å². The van der Waals surface area contributed by atoms with Gasteiger partial charge in [0, 0.05) is 12.0 Å². The van der Waals surface area contributed by atoms with E-state index < -0.39 is 27.5 Å². The third kappa shape index (κ3) is 4.45. The van der Waals surface area contributed by atoms with Gasteiger partial charge in [-0.2, -0.15) is 0 Å². The molecule has 128 valence electrons. The van der Waals surface area contributed by atoms with Crippen LogP contribution < -0.4 is 9.46 Å². The quantitative estimate of drug-likeness (QED) is 0.829. The van der Waals surface area contributed by atoms with E-state index in [1.54, 1.807) is 0 Å². The minimum Gasteiger partial charge on any atom is -0.487 e. The normalized spacial score (nSPS) is 21.0. The zero-order chi connectivity index (χ0) is 17.3.